The number of nitrogens with zero attached hydrogens (tertiary/aromatic N) is 2. The Morgan fingerprint density at radius 2 is 2.07 bits per heavy atom. The number of fused-ring (bicyclic) bond motifs is 1. The molecule has 0 saturated carbocycles. The Balaban J connectivity index is 1.46. The predicted octanol–water partition coefficient (Wildman–Crippen LogP) is 3.35. The largest absolute Gasteiger partial charge is 0.472 e. The molecule has 0 spiro atoms. The third-order valence-electron chi connectivity index (χ3n) is 4.29. The summed E-state index contributed by atoms with van der Waals surface area (Å²) in [6.45, 7) is 0.601. The first-order chi connectivity index (χ1) is 13.5. The van der Waals surface area contributed by atoms with Crippen molar-refractivity contribution >= 4 is 38.5 Å². The van der Waals surface area contributed by atoms with Gasteiger partial charge in [0, 0.05) is 23.3 Å². The molecule has 1 amide bonds. The van der Waals surface area contributed by atoms with Crippen LogP contribution in [0.25, 0.3) is 6.08 Å². The van der Waals surface area contributed by atoms with Gasteiger partial charge in [0.25, 0.3) is 5.91 Å². The molecular formula is C19H17N3O4S2. The van der Waals surface area contributed by atoms with E-state index in [1.54, 1.807) is 12.1 Å². The van der Waals surface area contributed by atoms with Crippen molar-refractivity contribution in [1.29, 1.82) is 0 Å². The summed E-state index contributed by atoms with van der Waals surface area (Å²) in [5.41, 5.74) is 2.06. The van der Waals surface area contributed by atoms with Crippen molar-refractivity contribution < 1.29 is 17.6 Å². The monoisotopic (exact) mass is 415 g/mol. The second-order valence-electron chi connectivity index (χ2n) is 6.20. The third kappa shape index (κ3) is 4.06. The van der Waals surface area contributed by atoms with Gasteiger partial charge in [-0.3, -0.25) is 10.1 Å². The molecule has 9 heteroatoms. The first-order valence-electron chi connectivity index (χ1n) is 8.57. The molecule has 4 rings (SSSR count). The third-order valence-corrected chi connectivity index (χ3v) is 6.80. The molecule has 3 aromatic rings. The van der Waals surface area contributed by atoms with Crippen LogP contribution in [-0.2, 0) is 23.0 Å². The summed E-state index contributed by atoms with van der Waals surface area (Å²) < 4.78 is 31.6. The van der Waals surface area contributed by atoms with Gasteiger partial charge in [-0.25, -0.2) is 13.4 Å². The molecule has 3 heterocycles. The van der Waals surface area contributed by atoms with Crippen LogP contribution in [0.1, 0.15) is 26.5 Å². The zero-order valence-corrected chi connectivity index (χ0v) is 16.4. The molecule has 7 nitrogen and oxygen atoms in total. The Morgan fingerprint density at radius 3 is 2.82 bits per heavy atom. The second kappa shape index (κ2) is 7.70. The fourth-order valence-electron chi connectivity index (χ4n) is 2.82. The van der Waals surface area contributed by atoms with Gasteiger partial charge in [-0.05, 0) is 17.7 Å². The van der Waals surface area contributed by atoms with E-state index in [-0.39, 0.29) is 12.5 Å². The van der Waals surface area contributed by atoms with Crippen LogP contribution in [0.4, 0.5) is 5.13 Å². The molecule has 1 aliphatic rings. The molecule has 144 valence electrons. The van der Waals surface area contributed by atoms with Crippen molar-refractivity contribution in [2.75, 3.05) is 11.9 Å². The van der Waals surface area contributed by atoms with Gasteiger partial charge in [-0.15, -0.1) is 11.3 Å². The summed E-state index contributed by atoms with van der Waals surface area (Å²) in [5.74, 6) is -0.310. The predicted molar refractivity (Wildman–Crippen MR) is 107 cm³/mol. The number of hydrogen-bond donors (Lipinski definition) is 1. The number of furan rings is 1. The smallest absolute Gasteiger partial charge is 0.260 e. The molecule has 1 aliphatic heterocycles. The van der Waals surface area contributed by atoms with Crippen molar-refractivity contribution in [2.24, 2.45) is 0 Å². The van der Waals surface area contributed by atoms with Gasteiger partial charge in [-0.2, -0.15) is 4.31 Å². The maximum absolute atomic E-state index is 12.7. The van der Waals surface area contributed by atoms with E-state index in [0.29, 0.717) is 23.7 Å². The van der Waals surface area contributed by atoms with E-state index in [1.807, 2.05) is 30.3 Å². The molecule has 0 unspecified atom stereocenters. The van der Waals surface area contributed by atoms with Crippen molar-refractivity contribution in [3.63, 3.8) is 0 Å². The lowest BCUT2D eigenvalue weighted by atomic mass is 10.2. The van der Waals surface area contributed by atoms with Crippen molar-refractivity contribution in [2.45, 2.75) is 13.0 Å². The van der Waals surface area contributed by atoms with E-state index in [0.717, 1.165) is 16.1 Å². The first-order valence-corrected chi connectivity index (χ1v) is 10.9. The average Bonchev–Trinajstić information content (AvgIpc) is 3.36. The zero-order chi connectivity index (χ0) is 19.6. The fraction of sp³-hybridized carbons (Fsp3) is 0.158. The zero-order valence-electron chi connectivity index (χ0n) is 14.7. The van der Waals surface area contributed by atoms with Crippen molar-refractivity contribution in [3.05, 3.63) is 76.0 Å². The molecule has 0 fully saturated rings. The van der Waals surface area contributed by atoms with E-state index >= 15 is 0 Å². The van der Waals surface area contributed by atoms with Gasteiger partial charge in [0.1, 0.15) is 6.26 Å². The number of hydrogen-bond acceptors (Lipinski definition) is 6. The summed E-state index contributed by atoms with van der Waals surface area (Å²) >= 11 is 1.29. The number of nitrogens with one attached hydrogen (secondary N) is 1. The van der Waals surface area contributed by atoms with Crippen LogP contribution in [0, 0.1) is 0 Å². The van der Waals surface area contributed by atoms with E-state index in [2.05, 4.69) is 10.3 Å². The van der Waals surface area contributed by atoms with Crippen molar-refractivity contribution in [1.82, 2.24) is 9.29 Å². The quantitative estimate of drug-likeness (QED) is 0.690. The fourth-order valence-corrected chi connectivity index (χ4v) is 5.08. The lowest BCUT2D eigenvalue weighted by molar-refractivity contribution is 0.102. The number of rotatable bonds is 5. The van der Waals surface area contributed by atoms with Crippen LogP contribution in [-0.4, -0.2) is 30.2 Å². The van der Waals surface area contributed by atoms with Crippen LogP contribution < -0.4 is 5.32 Å². The Labute approximate surface area is 166 Å². The number of thiazole rings is 1. The molecule has 2 aromatic heterocycles. The maximum atomic E-state index is 12.7. The number of aromatic nitrogens is 1. The summed E-state index contributed by atoms with van der Waals surface area (Å²) in [7, 11) is -3.54. The van der Waals surface area contributed by atoms with Gasteiger partial charge in [-0.1, -0.05) is 30.3 Å². The Kier molecular flexibility index (Phi) is 5.12. The van der Waals surface area contributed by atoms with Crippen LogP contribution in [0.5, 0.6) is 0 Å². The van der Waals surface area contributed by atoms with Gasteiger partial charge >= 0.3 is 0 Å². The minimum Gasteiger partial charge on any atom is -0.472 e. The summed E-state index contributed by atoms with van der Waals surface area (Å²) in [5, 5.41) is 4.41. The minimum absolute atomic E-state index is 0.246. The lowest BCUT2D eigenvalue weighted by Crippen LogP contribution is -2.34. The van der Waals surface area contributed by atoms with Crippen LogP contribution in [0.2, 0.25) is 0 Å². The van der Waals surface area contributed by atoms with Gasteiger partial charge in [0.15, 0.2) is 5.13 Å². The highest BCUT2D eigenvalue weighted by Gasteiger charge is 2.28. The average molecular weight is 415 g/mol. The highest BCUT2D eigenvalue weighted by molar-refractivity contribution is 7.92. The maximum Gasteiger partial charge on any atom is 0.260 e. The van der Waals surface area contributed by atoms with Crippen molar-refractivity contribution in [3.8, 4) is 0 Å². The lowest BCUT2D eigenvalue weighted by Gasteiger charge is -2.23. The standard InChI is InChI=1S/C19H17N3O4S2/c23-18(15-7-10-26-13-15)21-19-20-16-6-9-22(12-17(16)27-19)28(24,25)11-8-14-4-2-1-3-5-14/h1-5,7-8,10-11,13H,6,9,12H2,(H,20,21,23). The molecule has 0 aliphatic carbocycles. The summed E-state index contributed by atoms with van der Waals surface area (Å²) in [4.78, 5) is 17.4. The Hall–Kier alpha value is -2.75. The van der Waals surface area contributed by atoms with Crippen LogP contribution in [0.15, 0.2) is 58.7 Å². The number of carbonyl (C=O) groups is 1. The normalized spacial score (nSPS) is 14.9. The minimum atomic E-state index is -3.54. The molecule has 1 aromatic carbocycles. The SMILES string of the molecule is O=C(Nc1nc2c(s1)CN(S(=O)(=O)C=Cc1ccccc1)CC2)c1ccoc1. The van der Waals surface area contributed by atoms with Gasteiger partial charge in [0.05, 0.1) is 24.1 Å². The van der Waals surface area contributed by atoms with E-state index in [1.165, 1.54) is 33.6 Å². The molecule has 0 radical (unpaired) electrons. The summed E-state index contributed by atoms with van der Waals surface area (Å²) in [6.07, 6.45) is 4.88. The molecule has 0 bridgehead atoms. The van der Waals surface area contributed by atoms with Gasteiger partial charge < -0.3 is 4.42 Å². The molecule has 0 atom stereocenters. The number of benzene rings is 1. The van der Waals surface area contributed by atoms with Crippen LogP contribution >= 0.6 is 11.3 Å². The number of carbonyl (C=O) groups excluding carboxylic acids is 1. The Bertz CT molecular complexity index is 1100. The van der Waals surface area contributed by atoms with E-state index < -0.39 is 10.0 Å². The first kappa shape index (κ1) is 18.6. The van der Waals surface area contributed by atoms with E-state index in [4.69, 9.17) is 4.42 Å². The number of sulfonamides is 1. The van der Waals surface area contributed by atoms with E-state index in [9.17, 15) is 13.2 Å². The highest BCUT2D eigenvalue weighted by Crippen LogP contribution is 2.30. The summed E-state index contributed by atoms with van der Waals surface area (Å²) in [6, 6.07) is 10.9. The molecule has 0 saturated heterocycles. The van der Waals surface area contributed by atoms with Gasteiger partial charge in [0.2, 0.25) is 10.0 Å². The number of amides is 1. The second-order valence-corrected chi connectivity index (χ2v) is 9.10. The molecule has 1 N–H and O–H groups in total. The van der Waals surface area contributed by atoms with Crippen LogP contribution in [0.3, 0.4) is 0 Å². The molecular weight excluding hydrogens is 398 g/mol. The highest BCUT2D eigenvalue weighted by atomic mass is 32.2. The number of anilines is 1. The molecule has 28 heavy (non-hydrogen) atoms. The topological polar surface area (TPSA) is 92.5 Å². The Morgan fingerprint density at radius 1 is 1.25 bits per heavy atom.